The number of nitrogens with one attached hydrogen (secondary N) is 1. The molecule has 0 saturated carbocycles. The van der Waals surface area contributed by atoms with E-state index >= 15 is 0 Å². The van der Waals surface area contributed by atoms with Gasteiger partial charge in [-0.2, -0.15) is 0 Å². The second-order valence-corrected chi connectivity index (χ2v) is 8.86. The smallest absolute Gasteiger partial charge is 0.265 e. The van der Waals surface area contributed by atoms with Crippen molar-refractivity contribution >= 4 is 57.2 Å². The van der Waals surface area contributed by atoms with E-state index in [1.165, 1.54) is 16.2 Å². The van der Waals surface area contributed by atoms with Gasteiger partial charge < -0.3 is 15.1 Å². The summed E-state index contributed by atoms with van der Waals surface area (Å²) < 4.78 is 0. The van der Waals surface area contributed by atoms with E-state index in [9.17, 15) is 9.59 Å². The molecule has 0 aliphatic carbocycles. The molecule has 3 rings (SSSR count). The summed E-state index contributed by atoms with van der Waals surface area (Å²) >= 11 is 13.3. The van der Waals surface area contributed by atoms with Crippen LogP contribution in [-0.4, -0.2) is 73.4 Å². The third-order valence-electron chi connectivity index (χ3n) is 4.65. The van der Waals surface area contributed by atoms with E-state index in [0.717, 1.165) is 31.9 Å². The highest BCUT2D eigenvalue weighted by Crippen LogP contribution is 2.28. The lowest BCUT2D eigenvalue weighted by molar-refractivity contribution is -0.117. The molecule has 10 heteroatoms. The Bertz CT molecular complexity index is 910. The molecule has 2 amide bonds. The normalized spacial score (nSPS) is 14.7. The summed E-state index contributed by atoms with van der Waals surface area (Å²) in [7, 11) is 3.38. The quantitative estimate of drug-likeness (QED) is 0.749. The summed E-state index contributed by atoms with van der Waals surface area (Å²) in [5, 5.41) is 4.34. The maximum atomic E-state index is 12.4. The highest BCUT2D eigenvalue weighted by atomic mass is 35.5. The first-order valence-electron chi connectivity index (χ1n) is 9.16. The number of aryl methyl sites for hydroxylation is 1. The Morgan fingerprint density at radius 1 is 1.17 bits per heavy atom. The summed E-state index contributed by atoms with van der Waals surface area (Å²) in [5.74, 6) is -0.246. The molecule has 0 bridgehead atoms. The predicted octanol–water partition coefficient (Wildman–Crippen LogP) is 3.22. The van der Waals surface area contributed by atoms with Crippen LogP contribution in [0.1, 0.15) is 15.4 Å². The Balaban J connectivity index is 1.52. The molecule has 1 saturated heterocycles. The molecule has 1 aromatic heterocycles. The van der Waals surface area contributed by atoms with Gasteiger partial charge in [-0.3, -0.25) is 14.5 Å². The lowest BCUT2D eigenvalue weighted by atomic mass is 10.2. The molecule has 0 radical (unpaired) electrons. The van der Waals surface area contributed by atoms with Gasteiger partial charge in [0.15, 0.2) is 5.13 Å². The summed E-state index contributed by atoms with van der Waals surface area (Å²) in [5.41, 5.74) is 1.65. The molecule has 156 valence electrons. The zero-order chi connectivity index (χ0) is 21.1. The molecular formula is C19H23Cl2N5O2S. The third kappa shape index (κ3) is 5.39. The Labute approximate surface area is 184 Å². The summed E-state index contributed by atoms with van der Waals surface area (Å²) in [4.78, 5) is 35.2. The summed E-state index contributed by atoms with van der Waals surface area (Å²) in [6.07, 6.45) is 0. The third-order valence-corrected chi connectivity index (χ3v) is 6.45. The number of anilines is 2. The fourth-order valence-corrected chi connectivity index (χ4v) is 4.36. The van der Waals surface area contributed by atoms with E-state index < -0.39 is 0 Å². The first-order chi connectivity index (χ1) is 13.7. The standard InChI is InChI=1S/C19H23Cl2N5O2S/c1-12-17(18(28)24(2)3)29-19(22-12)23-16(27)11-25-6-8-26(9-7-25)13-4-5-14(20)15(21)10-13/h4-5,10H,6-9,11H2,1-3H3,(H,22,23,27). The van der Waals surface area contributed by atoms with E-state index in [0.29, 0.717) is 25.7 Å². The van der Waals surface area contributed by atoms with Crippen LogP contribution >= 0.6 is 34.5 Å². The molecule has 1 aliphatic rings. The molecule has 1 aliphatic heterocycles. The van der Waals surface area contributed by atoms with Crippen LogP contribution < -0.4 is 10.2 Å². The zero-order valence-electron chi connectivity index (χ0n) is 16.5. The maximum absolute atomic E-state index is 12.4. The minimum absolute atomic E-state index is 0.112. The molecule has 7 nitrogen and oxygen atoms in total. The van der Waals surface area contributed by atoms with Crippen LogP contribution in [0, 0.1) is 6.92 Å². The molecule has 2 aromatic rings. The van der Waals surface area contributed by atoms with Gasteiger partial charge in [-0.25, -0.2) is 4.98 Å². The number of hydrogen-bond donors (Lipinski definition) is 1. The molecule has 2 heterocycles. The maximum Gasteiger partial charge on any atom is 0.265 e. The number of amides is 2. The number of carbonyl (C=O) groups is 2. The number of hydrogen-bond acceptors (Lipinski definition) is 6. The van der Waals surface area contributed by atoms with Crippen LogP contribution in [0.25, 0.3) is 0 Å². The number of carbonyl (C=O) groups excluding carboxylic acids is 2. The van der Waals surface area contributed by atoms with Crippen LogP contribution in [0.5, 0.6) is 0 Å². The Morgan fingerprint density at radius 2 is 1.86 bits per heavy atom. The average molecular weight is 456 g/mol. The summed E-state index contributed by atoms with van der Waals surface area (Å²) in [6.45, 7) is 5.16. The highest BCUT2D eigenvalue weighted by Gasteiger charge is 2.22. The van der Waals surface area contributed by atoms with Crippen LogP contribution in [0.3, 0.4) is 0 Å². The van der Waals surface area contributed by atoms with E-state index in [4.69, 9.17) is 23.2 Å². The first-order valence-corrected chi connectivity index (χ1v) is 10.7. The van der Waals surface area contributed by atoms with Crippen LogP contribution in [-0.2, 0) is 4.79 Å². The first kappa shape index (κ1) is 21.8. The zero-order valence-corrected chi connectivity index (χ0v) is 18.9. The molecule has 0 spiro atoms. The van der Waals surface area contributed by atoms with Crippen molar-refractivity contribution in [3.05, 3.63) is 38.8 Å². The number of aromatic nitrogens is 1. The van der Waals surface area contributed by atoms with Crippen molar-refractivity contribution in [3.8, 4) is 0 Å². The van der Waals surface area contributed by atoms with Gasteiger partial charge in [0, 0.05) is 46.0 Å². The van der Waals surface area contributed by atoms with Crippen molar-refractivity contribution in [1.82, 2.24) is 14.8 Å². The molecule has 1 aromatic carbocycles. The molecule has 1 fully saturated rings. The Kier molecular flexibility index (Phi) is 7.00. The second-order valence-electron chi connectivity index (χ2n) is 7.04. The second kappa shape index (κ2) is 9.30. The molecule has 0 atom stereocenters. The Morgan fingerprint density at radius 3 is 2.48 bits per heavy atom. The Hall–Kier alpha value is -1.87. The van der Waals surface area contributed by atoms with Crippen molar-refractivity contribution in [2.24, 2.45) is 0 Å². The molecule has 29 heavy (non-hydrogen) atoms. The topological polar surface area (TPSA) is 68.8 Å². The van der Waals surface area contributed by atoms with E-state index in [2.05, 4.69) is 20.1 Å². The van der Waals surface area contributed by atoms with Gasteiger partial charge in [0.1, 0.15) is 4.88 Å². The highest BCUT2D eigenvalue weighted by molar-refractivity contribution is 7.17. The van der Waals surface area contributed by atoms with Crippen LogP contribution in [0.15, 0.2) is 18.2 Å². The number of halogens is 2. The molecule has 1 N–H and O–H groups in total. The number of thiazole rings is 1. The van der Waals surface area contributed by atoms with Gasteiger partial charge in [0.05, 0.1) is 22.3 Å². The molecule has 0 unspecified atom stereocenters. The van der Waals surface area contributed by atoms with Crippen molar-refractivity contribution in [1.29, 1.82) is 0 Å². The van der Waals surface area contributed by atoms with Crippen molar-refractivity contribution in [2.45, 2.75) is 6.92 Å². The van der Waals surface area contributed by atoms with E-state index in [1.54, 1.807) is 27.1 Å². The van der Waals surface area contributed by atoms with E-state index in [-0.39, 0.29) is 18.4 Å². The lowest BCUT2D eigenvalue weighted by Crippen LogP contribution is -2.48. The van der Waals surface area contributed by atoms with Crippen LogP contribution in [0.2, 0.25) is 10.0 Å². The van der Waals surface area contributed by atoms with Crippen molar-refractivity contribution < 1.29 is 9.59 Å². The lowest BCUT2D eigenvalue weighted by Gasteiger charge is -2.35. The van der Waals surface area contributed by atoms with Gasteiger partial charge in [0.25, 0.3) is 5.91 Å². The fourth-order valence-electron chi connectivity index (χ4n) is 3.06. The minimum Gasteiger partial charge on any atom is -0.369 e. The number of benzene rings is 1. The number of piperazine rings is 1. The van der Waals surface area contributed by atoms with Gasteiger partial charge in [0.2, 0.25) is 5.91 Å². The summed E-state index contributed by atoms with van der Waals surface area (Å²) in [6, 6.07) is 5.61. The van der Waals surface area contributed by atoms with Crippen molar-refractivity contribution in [3.63, 3.8) is 0 Å². The largest absolute Gasteiger partial charge is 0.369 e. The van der Waals surface area contributed by atoms with Gasteiger partial charge in [-0.15, -0.1) is 0 Å². The number of rotatable bonds is 5. The monoisotopic (exact) mass is 455 g/mol. The number of nitrogens with zero attached hydrogens (tertiary/aromatic N) is 4. The van der Waals surface area contributed by atoms with Gasteiger partial charge in [-0.05, 0) is 25.1 Å². The van der Waals surface area contributed by atoms with E-state index in [1.807, 2.05) is 12.1 Å². The molecular weight excluding hydrogens is 433 g/mol. The fraction of sp³-hybridized carbons (Fsp3) is 0.421. The minimum atomic E-state index is -0.134. The predicted molar refractivity (Wildman–Crippen MR) is 119 cm³/mol. The van der Waals surface area contributed by atoms with Gasteiger partial charge >= 0.3 is 0 Å². The van der Waals surface area contributed by atoms with Crippen LogP contribution in [0.4, 0.5) is 10.8 Å². The van der Waals surface area contributed by atoms with Gasteiger partial charge in [-0.1, -0.05) is 34.5 Å². The average Bonchev–Trinajstić information content (AvgIpc) is 3.03. The SMILES string of the molecule is Cc1nc(NC(=O)CN2CCN(c3ccc(Cl)c(Cl)c3)CC2)sc1C(=O)N(C)C. The van der Waals surface area contributed by atoms with Crippen molar-refractivity contribution in [2.75, 3.05) is 57.0 Å².